The number of nitrogens with zero attached hydrogens (tertiary/aromatic N) is 3. The number of hydrogen-bond donors (Lipinski definition) is 1. The minimum Gasteiger partial charge on any atom is -0.352 e. The average Bonchev–Trinajstić information content (AvgIpc) is 3.44. The van der Waals surface area contributed by atoms with Gasteiger partial charge in [-0.1, -0.05) is 29.8 Å². The maximum Gasteiger partial charge on any atom is 0.220 e. The summed E-state index contributed by atoms with van der Waals surface area (Å²) in [6.07, 6.45) is 7.80. The fourth-order valence-corrected chi connectivity index (χ4v) is 4.94. The molecule has 158 valence electrons. The summed E-state index contributed by atoms with van der Waals surface area (Å²) in [4.78, 5) is 19.2. The topological polar surface area (TPSA) is 50.2 Å². The van der Waals surface area contributed by atoms with Gasteiger partial charge in [-0.15, -0.1) is 11.3 Å². The summed E-state index contributed by atoms with van der Waals surface area (Å²) in [6, 6.07) is 11.9. The molecular weight excluding hydrogens is 416 g/mol. The quantitative estimate of drug-likeness (QED) is 0.540. The molecule has 3 aromatic rings. The number of halogens is 1. The Bertz CT molecular complexity index is 956. The molecular formula is C23H27ClN4OS. The number of aromatic nitrogens is 2. The molecule has 1 aliphatic rings. The van der Waals surface area contributed by atoms with Crippen LogP contribution in [0.15, 0.2) is 54.2 Å². The van der Waals surface area contributed by atoms with Gasteiger partial charge in [-0.25, -0.2) is 4.98 Å². The third-order valence-electron chi connectivity index (χ3n) is 5.66. The standard InChI is InChI=1S/C23H27ClN4OS/c24-21-8-2-1-6-19(21)15-26-22(29)10-9-18-5-3-12-27(16-18)17-20-7-4-13-28(20)23-25-11-14-30-23/h1-2,4,6-8,11,13-14,18H,3,5,9-10,12,15-17H2,(H,26,29)/t18-/m1/s1. The van der Waals surface area contributed by atoms with E-state index in [4.69, 9.17) is 11.6 Å². The molecule has 0 bridgehead atoms. The minimum absolute atomic E-state index is 0.102. The lowest BCUT2D eigenvalue weighted by molar-refractivity contribution is -0.121. The number of carbonyl (C=O) groups is 1. The Morgan fingerprint density at radius 3 is 3.00 bits per heavy atom. The van der Waals surface area contributed by atoms with Crippen molar-refractivity contribution in [3.63, 3.8) is 0 Å². The lowest BCUT2D eigenvalue weighted by Crippen LogP contribution is -2.36. The Kier molecular flexibility index (Phi) is 7.20. The smallest absolute Gasteiger partial charge is 0.220 e. The monoisotopic (exact) mass is 442 g/mol. The third-order valence-corrected chi connectivity index (χ3v) is 6.80. The van der Waals surface area contributed by atoms with Crippen molar-refractivity contribution in [3.8, 4) is 5.13 Å². The number of carbonyl (C=O) groups excluding carboxylic acids is 1. The maximum atomic E-state index is 12.3. The van der Waals surface area contributed by atoms with Gasteiger partial charge in [0.05, 0.1) is 0 Å². The van der Waals surface area contributed by atoms with Crippen LogP contribution in [0.5, 0.6) is 0 Å². The molecule has 0 radical (unpaired) electrons. The Balaban J connectivity index is 1.24. The zero-order chi connectivity index (χ0) is 20.8. The first-order chi connectivity index (χ1) is 14.7. The normalized spacial score (nSPS) is 17.2. The molecule has 1 fully saturated rings. The van der Waals surface area contributed by atoms with Crippen LogP contribution in [0.3, 0.4) is 0 Å². The Morgan fingerprint density at radius 1 is 1.27 bits per heavy atom. The molecule has 1 atom stereocenters. The van der Waals surface area contributed by atoms with Gasteiger partial charge in [0, 0.05) is 54.5 Å². The van der Waals surface area contributed by atoms with Gasteiger partial charge in [0.25, 0.3) is 0 Å². The van der Waals surface area contributed by atoms with Crippen molar-refractivity contribution in [2.24, 2.45) is 5.92 Å². The third kappa shape index (κ3) is 5.50. The van der Waals surface area contributed by atoms with Gasteiger partial charge in [-0.05, 0) is 55.5 Å². The maximum absolute atomic E-state index is 12.3. The van der Waals surface area contributed by atoms with Gasteiger partial charge in [0.1, 0.15) is 0 Å². The molecule has 1 N–H and O–H groups in total. The number of amides is 1. The molecule has 0 aliphatic carbocycles. The zero-order valence-corrected chi connectivity index (χ0v) is 18.5. The Labute approximate surface area is 186 Å². The average molecular weight is 443 g/mol. The summed E-state index contributed by atoms with van der Waals surface area (Å²) >= 11 is 7.82. The van der Waals surface area contributed by atoms with Crippen LogP contribution in [0.4, 0.5) is 0 Å². The summed E-state index contributed by atoms with van der Waals surface area (Å²) in [5.41, 5.74) is 2.22. The molecule has 1 amide bonds. The molecule has 1 aliphatic heterocycles. The van der Waals surface area contributed by atoms with E-state index in [-0.39, 0.29) is 5.91 Å². The van der Waals surface area contributed by atoms with Crippen molar-refractivity contribution in [2.75, 3.05) is 13.1 Å². The number of likely N-dealkylation sites (tertiary alicyclic amines) is 1. The molecule has 3 heterocycles. The Morgan fingerprint density at radius 2 is 2.17 bits per heavy atom. The van der Waals surface area contributed by atoms with E-state index in [1.165, 1.54) is 18.5 Å². The van der Waals surface area contributed by atoms with Crippen molar-refractivity contribution in [1.82, 2.24) is 19.8 Å². The van der Waals surface area contributed by atoms with E-state index in [2.05, 4.69) is 38.1 Å². The van der Waals surface area contributed by atoms with Gasteiger partial charge in [0.15, 0.2) is 5.13 Å². The minimum atomic E-state index is 0.102. The van der Waals surface area contributed by atoms with Crippen LogP contribution in [0.1, 0.15) is 36.9 Å². The molecule has 30 heavy (non-hydrogen) atoms. The number of piperidine rings is 1. The van der Waals surface area contributed by atoms with Crippen LogP contribution < -0.4 is 5.32 Å². The first kappa shape index (κ1) is 21.1. The highest BCUT2D eigenvalue weighted by Crippen LogP contribution is 2.24. The largest absolute Gasteiger partial charge is 0.352 e. The van der Waals surface area contributed by atoms with E-state index in [1.54, 1.807) is 11.3 Å². The van der Waals surface area contributed by atoms with Gasteiger partial charge in [-0.2, -0.15) is 0 Å². The highest BCUT2D eigenvalue weighted by atomic mass is 35.5. The predicted octanol–water partition coefficient (Wildman–Crippen LogP) is 4.90. The number of benzene rings is 1. The first-order valence-corrected chi connectivity index (χ1v) is 11.7. The molecule has 4 rings (SSSR count). The van der Waals surface area contributed by atoms with Crippen molar-refractivity contribution in [3.05, 3.63) is 70.5 Å². The summed E-state index contributed by atoms with van der Waals surface area (Å²) in [5, 5.41) is 6.72. The van der Waals surface area contributed by atoms with E-state index >= 15 is 0 Å². The van der Waals surface area contributed by atoms with Gasteiger partial charge >= 0.3 is 0 Å². The molecule has 2 aromatic heterocycles. The SMILES string of the molecule is O=C(CC[C@H]1CCCN(Cc2cccn2-c2nccs2)C1)NCc1ccccc1Cl. The highest BCUT2D eigenvalue weighted by Gasteiger charge is 2.21. The molecule has 1 saturated heterocycles. The molecule has 0 unspecified atom stereocenters. The second-order valence-electron chi connectivity index (χ2n) is 7.83. The Hall–Kier alpha value is -2.15. The van der Waals surface area contributed by atoms with E-state index in [1.807, 2.05) is 35.8 Å². The van der Waals surface area contributed by atoms with Crippen molar-refractivity contribution in [1.29, 1.82) is 0 Å². The number of rotatable bonds is 8. The fraction of sp³-hybridized carbons (Fsp3) is 0.391. The number of nitrogens with one attached hydrogen (secondary N) is 1. The van der Waals surface area contributed by atoms with Crippen molar-refractivity contribution in [2.45, 2.75) is 38.8 Å². The van der Waals surface area contributed by atoms with Crippen molar-refractivity contribution >= 4 is 28.8 Å². The fourth-order valence-electron chi connectivity index (χ4n) is 4.09. The molecule has 5 nitrogen and oxygen atoms in total. The highest BCUT2D eigenvalue weighted by molar-refractivity contribution is 7.12. The van der Waals surface area contributed by atoms with Crippen LogP contribution in [0, 0.1) is 5.92 Å². The van der Waals surface area contributed by atoms with Gasteiger partial charge < -0.3 is 5.32 Å². The number of thiazole rings is 1. The molecule has 1 aromatic carbocycles. The van der Waals surface area contributed by atoms with Crippen LogP contribution in [-0.4, -0.2) is 33.4 Å². The molecule has 0 saturated carbocycles. The van der Waals surface area contributed by atoms with E-state index in [9.17, 15) is 4.79 Å². The zero-order valence-electron chi connectivity index (χ0n) is 17.0. The summed E-state index contributed by atoms with van der Waals surface area (Å²) in [6.45, 7) is 3.56. The second kappa shape index (κ2) is 10.2. The lowest BCUT2D eigenvalue weighted by Gasteiger charge is -2.32. The molecule has 0 spiro atoms. The van der Waals surface area contributed by atoms with Gasteiger partial charge in [0.2, 0.25) is 5.91 Å². The van der Waals surface area contributed by atoms with Gasteiger partial charge in [-0.3, -0.25) is 14.3 Å². The number of hydrogen-bond acceptors (Lipinski definition) is 4. The van der Waals surface area contributed by atoms with Crippen LogP contribution in [0.25, 0.3) is 5.13 Å². The second-order valence-corrected chi connectivity index (χ2v) is 9.11. The van der Waals surface area contributed by atoms with Crippen LogP contribution >= 0.6 is 22.9 Å². The lowest BCUT2D eigenvalue weighted by atomic mass is 9.93. The van der Waals surface area contributed by atoms with E-state index < -0.39 is 0 Å². The summed E-state index contributed by atoms with van der Waals surface area (Å²) < 4.78 is 2.18. The van der Waals surface area contributed by atoms with Crippen molar-refractivity contribution < 1.29 is 4.79 Å². The van der Waals surface area contributed by atoms with E-state index in [0.717, 1.165) is 36.8 Å². The predicted molar refractivity (Wildman–Crippen MR) is 122 cm³/mol. The summed E-state index contributed by atoms with van der Waals surface area (Å²) in [7, 11) is 0. The van der Waals surface area contributed by atoms with Crippen LogP contribution in [-0.2, 0) is 17.9 Å². The van der Waals surface area contributed by atoms with Crippen LogP contribution in [0.2, 0.25) is 5.02 Å². The summed E-state index contributed by atoms with van der Waals surface area (Å²) in [5.74, 6) is 0.665. The first-order valence-electron chi connectivity index (χ1n) is 10.5. The molecule has 7 heteroatoms. The van der Waals surface area contributed by atoms with E-state index in [0.29, 0.717) is 23.9 Å².